The zero-order chi connectivity index (χ0) is 12.8. The van der Waals surface area contributed by atoms with E-state index in [1.807, 2.05) is 29.8 Å². The average molecular weight is 286 g/mol. The maximum Gasteiger partial charge on any atom is 0.224 e. The topological polar surface area (TPSA) is 30.7 Å². The molecule has 0 bridgehead atoms. The third kappa shape index (κ3) is 1.64. The summed E-state index contributed by atoms with van der Waals surface area (Å²) in [6, 6.07) is 12.2. The number of aromatic nitrogens is 3. The monoisotopic (exact) mass is 285 g/mol. The first-order chi connectivity index (χ1) is 9.33. The smallest absolute Gasteiger partial charge is 0.224 e. The van der Waals surface area contributed by atoms with Crippen molar-refractivity contribution in [1.82, 2.24) is 14.5 Å². The van der Waals surface area contributed by atoms with E-state index >= 15 is 0 Å². The molecule has 5 heteroatoms. The molecule has 0 atom stereocenters. The number of rotatable bonds is 1. The van der Waals surface area contributed by atoms with Crippen molar-refractivity contribution < 1.29 is 0 Å². The summed E-state index contributed by atoms with van der Waals surface area (Å²) in [6.45, 7) is 0. The second-order valence-electron chi connectivity index (χ2n) is 4.20. The molecule has 19 heavy (non-hydrogen) atoms. The van der Waals surface area contributed by atoms with Gasteiger partial charge >= 0.3 is 0 Å². The van der Waals surface area contributed by atoms with E-state index < -0.39 is 0 Å². The van der Waals surface area contributed by atoms with Crippen LogP contribution in [-0.2, 0) is 0 Å². The molecule has 0 aliphatic carbocycles. The molecule has 3 nitrogen and oxygen atoms in total. The van der Waals surface area contributed by atoms with Gasteiger partial charge in [-0.15, -0.1) is 11.3 Å². The van der Waals surface area contributed by atoms with Gasteiger partial charge in [0.05, 0.1) is 15.7 Å². The van der Waals surface area contributed by atoms with Crippen molar-refractivity contribution >= 4 is 44.1 Å². The van der Waals surface area contributed by atoms with Gasteiger partial charge in [-0.3, -0.25) is 4.57 Å². The molecule has 0 aliphatic rings. The number of fused-ring (bicyclic) bond motifs is 2. The highest BCUT2D eigenvalue weighted by molar-refractivity contribution is 7.17. The van der Waals surface area contributed by atoms with Gasteiger partial charge in [0.25, 0.3) is 0 Å². The highest BCUT2D eigenvalue weighted by Crippen LogP contribution is 2.29. The van der Waals surface area contributed by atoms with Crippen LogP contribution in [0.2, 0.25) is 5.28 Å². The molecular weight excluding hydrogens is 278 g/mol. The third-order valence-electron chi connectivity index (χ3n) is 3.09. The van der Waals surface area contributed by atoms with Gasteiger partial charge in [-0.25, -0.2) is 4.98 Å². The van der Waals surface area contributed by atoms with Crippen LogP contribution in [0.4, 0.5) is 0 Å². The van der Waals surface area contributed by atoms with E-state index in [9.17, 15) is 0 Å². The molecule has 1 aromatic carbocycles. The minimum absolute atomic E-state index is 0.277. The van der Waals surface area contributed by atoms with Crippen LogP contribution in [0, 0.1) is 0 Å². The van der Waals surface area contributed by atoms with E-state index in [0.29, 0.717) is 0 Å². The Kier molecular flexibility index (Phi) is 2.33. The summed E-state index contributed by atoms with van der Waals surface area (Å²) < 4.78 is 3.10. The van der Waals surface area contributed by atoms with Gasteiger partial charge in [0.1, 0.15) is 0 Å². The zero-order valence-electron chi connectivity index (χ0n) is 9.75. The fourth-order valence-electron chi connectivity index (χ4n) is 2.25. The number of para-hydroxylation sites is 1. The van der Waals surface area contributed by atoms with E-state index in [0.717, 1.165) is 21.6 Å². The molecule has 4 rings (SSSR count). The molecule has 3 aromatic heterocycles. The number of benzene rings is 1. The second kappa shape index (κ2) is 4.05. The van der Waals surface area contributed by atoms with Crippen LogP contribution in [0.15, 0.2) is 48.0 Å². The largest absolute Gasteiger partial charge is 0.300 e. The lowest BCUT2D eigenvalue weighted by atomic mass is 10.2. The Bertz CT molecular complexity index is 894. The molecule has 0 unspecified atom stereocenters. The maximum atomic E-state index is 6.02. The molecule has 0 fully saturated rings. The molecule has 0 aliphatic heterocycles. The Balaban J connectivity index is 2.11. The lowest BCUT2D eigenvalue weighted by Gasteiger charge is -2.06. The van der Waals surface area contributed by atoms with Crippen molar-refractivity contribution in [3.8, 4) is 5.82 Å². The van der Waals surface area contributed by atoms with Crippen LogP contribution < -0.4 is 0 Å². The van der Waals surface area contributed by atoms with Crippen molar-refractivity contribution in [1.29, 1.82) is 0 Å². The zero-order valence-corrected chi connectivity index (χ0v) is 11.3. The quantitative estimate of drug-likeness (QED) is 0.489. The average Bonchev–Trinajstić information content (AvgIpc) is 3.03. The summed E-state index contributed by atoms with van der Waals surface area (Å²) in [5.74, 6) is 0.839. The minimum Gasteiger partial charge on any atom is -0.300 e. The van der Waals surface area contributed by atoms with Crippen molar-refractivity contribution in [2.45, 2.75) is 0 Å². The van der Waals surface area contributed by atoms with E-state index in [1.165, 1.54) is 5.39 Å². The molecule has 0 amide bonds. The van der Waals surface area contributed by atoms with Gasteiger partial charge in [0.15, 0.2) is 5.82 Å². The number of nitrogens with zero attached hydrogens (tertiary/aromatic N) is 3. The number of thiophene rings is 1. The molecule has 92 valence electrons. The Hall–Kier alpha value is -1.91. The summed E-state index contributed by atoms with van der Waals surface area (Å²) in [5, 5.41) is 3.46. The van der Waals surface area contributed by atoms with Crippen LogP contribution in [0.5, 0.6) is 0 Å². The van der Waals surface area contributed by atoms with Gasteiger partial charge in [-0.1, -0.05) is 18.2 Å². The number of hydrogen-bond acceptors (Lipinski definition) is 3. The SMILES string of the molecule is Clc1nc(-n2ccc3ccccc32)c2sccc2n1. The molecule has 0 saturated carbocycles. The van der Waals surface area contributed by atoms with Gasteiger partial charge in [0, 0.05) is 6.20 Å². The fourth-order valence-corrected chi connectivity index (χ4v) is 3.24. The fraction of sp³-hybridized carbons (Fsp3) is 0. The lowest BCUT2D eigenvalue weighted by molar-refractivity contribution is 1.04. The Morgan fingerprint density at radius 3 is 2.89 bits per heavy atom. The van der Waals surface area contributed by atoms with Crippen LogP contribution >= 0.6 is 22.9 Å². The highest BCUT2D eigenvalue weighted by atomic mass is 35.5. The number of hydrogen-bond donors (Lipinski definition) is 0. The highest BCUT2D eigenvalue weighted by Gasteiger charge is 2.11. The Labute approximate surface area is 118 Å². The summed E-state index contributed by atoms with van der Waals surface area (Å²) in [7, 11) is 0. The predicted molar refractivity (Wildman–Crippen MR) is 79.3 cm³/mol. The minimum atomic E-state index is 0.277. The van der Waals surface area contributed by atoms with Crippen LogP contribution in [-0.4, -0.2) is 14.5 Å². The molecule has 0 N–H and O–H groups in total. The van der Waals surface area contributed by atoms with Crippen molar-refractivity contribution in [3.05, 3.63) is 53.3 Å². The van der Waals surface area contributed by atoms with Crippen LogP contribution in [0.1, 0.15) is 0 Å². The molecule has 3 heterocycles. The maximum absolute atomic E-state index is 6.02. The summed E-state index contributed by atoms with van der Waals surface area (Å²) in [6.07, 6.45) is 2.02. The van der Waals surface area contributed by atoms with Crippen LogP contribution in [0.25, 0.3) is 26.9 Å². The number of halogens is 1. The van der Waals surface area contributed by atoms with Gasteiger partial charge in [-0.2, -0.15) is 4.98 Å². The predicted octanol–water partition coefficient (Wildman–Crippen LogP) is 4.29. The second-order valence-corrected chi connectivity index (χ2v) is 5.45. The summed E-state index contributed by atoms with van der Waals surface area (Å²) >= 11 is 7.64. The Morgan fingerprint density at radius 1 is 1.05 bits per heavy atom. The van der Waals surface area contributed by atoms with E-state index in [1.54, 1.807) is 11.3 Å². The molecule has 4 aromatic rings. The van der Waals surface area contributed by atoms with Crippen molar-refractivity contribution in [2.75, 3.05) is 0 Å². The van der Waals surface area contributed by atoms with Crippen molar-refractivity contribution in [2.24, 2.45) is 0 Å². The van der Waals surface area contributed by atoms with Crippen LogP contribution in [0.3, 0.4) is 0 Å². The van der Waals surface area contributed by atoms with Gasteiger partial charge in [-0.05, 0) is 40.6 Å². The van der Waals surface area contributed by atoms with Gasteiger partial charge in [0.2, 0.25) is 5.28 Å². The molecule has 0 radical (unpaired) electrons. The molecular formula is C14H8ClN3S. The van der Waals surface area contributed by atoms with Gasteiger partial charge < -0.3 is 0 Å². The first-order valence-corrected chi connectivity index (χ1v) is 7.06. The first-order valence-electron chi connectivity index (χ1n) is 5.80. The standard InChI is InChI=1S/C14H8ClN3S/c15-14-16-10-6-8-19-12(10)13(17-14)18-7-5-9-3-1-2-4-11(9)18/h1-8H. The normalized spacial score (nSPS) is 11.4. The van der Waals surface area contributed by atoms with Crippen molar-refractivity contribution in [3.63, 3.8) is 0 Å². The lowest BCUT2D eigenvalue weighted by Crippen LogP contribution is -1.97. The van der Waals surface area contributed by atoms with E-state index in [2.05, 4.69) is 32.7 Å². The summed E-state index contributed by atoms with van der Waals surface area (Å²) in [5.41, 5.74) is 2.00. The van der Waals surface area contributed by atoms with E-state index in [4.69, 9.17) is 11.6 Å². The Morgan fingerprint density at radius 2 is 1.95 bits per heavy atom. The van der Waals surface area contributed by atoms with E-state index in [-0.39, 0.29) is 5.28 Å². The third-order valence-corrected chi connectivity index (χ3v) is 4.15. The molecule has 0 saturated heterocycles. The first kappa shape index (κ1) is 11.0. The summed E-state index contributed by atoms with van der Waals surface area (Å²) in [4.78, 5) is 8.63. The molecule has 0 spiro atoms.